The molecule has 0 aliphatic heterocycles. The van der Waals surface area contributed by atoms with Gasteiger partial charge in [-0.3, -0.25) is 4.79 Å². The molecule has 7 heteroatoms. The van der Waals surface area contributed by atoms with Gasteiger partial charge in [0.25, 0.3) is 5.91 Å². The minimum atomic E-state index is -4.61. The normalized spacial score (nSPS) is 20.7. The maximum Gasteiger partial charge on any atom is 0.415 e. The molecule has 2 aromatic rings. The summed E-state index contributed by atoms with van der Waals surface area (Å²) < 4.78 is 46.1. The van der Waals surface area contributed by atoms with E-state index >= 15 is 0 Å². The molecule has 3 rings (SSSR count). The van der Waals surface area contributed by atoms with Crippen LogP contribution >= 0.6 is 0 Å². The molecule has 0 radical (unpaired) electrons. The van der Waals surface area contributed by atoms with E-state index in [1.54, 1.807) is 12.1 Å². The number of rotatable bonds is 2. The number of alkyl halides is 3. The maximum atomic E-state index is 13.7. The second-order valence-corrected chi connectivity index (χ2v) is 5.28. The summed E-state index contributed by atoms with van der Waals surface area (Å²) in [5.41, 5.74) is -1.46. The molecule has 1 aliphatic rings. The van der Waals surface area contributed by atoms with Crippen LogP contribution in [0.25, 0.3) is 0 Å². The van der Waals surface area contributed by atoms with Gasteiger partial charge < -0.3 is 9.73 Å². The zero-order valence-corrected chi connectivity index (χ0v) is 11.7. The Balaban J connectivity index is 2.03. The molecular weight excluding hydrogens is 297 g/mol. The summed E-state index contributed by atoms with van der Waals surface area (Å²) in [4.78, 5) is 15.9. The summed E-state index contributed by atoms with van der Waals surface area (Å²) in [6.45, 7) is 1.50. The van der Waals surface area contributed by atoms with Gasteiger partial charge in [-0.2, -0.15) is 13.2 Å². The van der Waals surface area contributed by atoms with Crippen LogP contribution in [0.4, 0.5) is 13.2 Å². The Hall–Kier alpha value is -2.31. The predicted octanol–water partition coefficient (Wildman–Crippen LogP) is 3.12. The Morgan fingerprint density at radius 2 is 2.09 bits per heavy atom. The molecule has 1 aliphatic carbocycles. The van der Waals surface area contributed by atoms with Gasteiger partial charge in [-0.15, -0.1) is 0 Å². The first-order valence-electron chi connectivity index (χ1n) is 6.73. The number of halogens is 3. The summed E-state index contributed by atoms with van der Waals surface area (Å²) in [6.07, 6.45) is -3.55. The molecule has 0 saturated carbocycles. The van der Waals surface area contributed by atoms with Gasteiger partial charge in [-0.25, -0.2) is 4.98 Å². The van der Waals surface area contributed by atoms with E-state index in [0.717, 1.165) is 6.39 Å². The van der Waals surface area contributed by atoms with Crippen LogP contribution in [0, 0.1) is 6.92 Å². The summed E-state index contributed by atoms with van der Waals surface area (Å²) in [5.74, 6) is -1.11. The molecule has 4 nitrogen and oxygen atoms in total. The van der Waals surface area contributed by atoms with Crippen LogP contribution in [-0.4, -0.2) is 17.1 Å². The number of amides is 1. The fraction of sp³-hybridized carbons (Fsp3) is 0.333. The second-order valence-electron chi connectivity index (χ2n) is 5.28. The van der Waals surface area contributed by atoms with Crippen LogP contribution in [0.15, 0.2) is 35.1 Å². The topological polar surface area (TPSA) is 55.1 Å². The molecule has 0 bridgehead atoms. The Kier molecular flexibility index (Phi) is 3.23. The van der Waals surface area contributed by atoms with Crippen molar-refractivity contribution in [3.8, 4) is 0 Å². The highest BCUT2D eigenvalue weighted by molar-refractivity contribution is 5.93. The van der Waals surface area contributed by atoms with Crippen LogP contribution < -0.4 is 5.32 Å². The van der Waals surface area contributed by atoms with Crippen LogP contribution in [0.1, 0.15) is 33.8 Å². The molecular formula is C15H13F3N2O2. The summed E-state index contributed by atoms with van der Waals surface area (Å²) in [5, 5.41) is 2.13. The molecule has 116 valence electrons. The Labute approximate surface area is 124 Å². The maximum absolute atomic E-state index is 13.7. The van der Waals surface area contributed by atoms with Crippen molar-refractivity contribution in [2.75, 3.05) is 0 Å². The molecule has 1 aromatic carbocycles. The molecule has 0 fully saturated rings. The Morgan fingerprint density at radius 3 is 2.73 bits per heavy atom. The monoisotopic (exact) mass is 310 g/mol. The number of fused-ring (bicyclic) bond motifs is 1. The number of carbonyl (C=O) groups is 1. The van der Waals surface area contributed by atoms with Crippen molar-refractivity contribution in [2.45, 2.75) is 31.5 Å². The quantitative estimate of drug-likeness (QED) is 0.927. The number of hydrogen-bond acceptors (Lipinski definition) is 3. The highest BCUT2D eigenvalue weighted by Crippen LogP contribution is 2.48. The lowest BCUT2D eigenvalue weighted by Crippen LogP contribution is -2.54. The average molecular weight is 310 g/mol. The number of hydrogen-bond donors (Lipinski definition) is 1. The van der Waals surface area contributed by atoms with E-state index in [9.17, 15) is 18.0 Å². The second kappa shape index (κ2) is 4.86. The van der Waals surface area contributed by atoms with Crippen molar-refractivity contribution in [3.05, 3.63) is 53.2 Å². The molecule has 0 spiro atoms. The fourth-order valence-electron chi connectivity index (χ4n) is 2.88. The Bertz CT molecular complexity index is 724. The summed E-state index contributed by atoms with van der Waals surface area (Å²) >= 11 is 0. The van der Waals surface area contributed by atoms with E-state index in [0.29, 0.717) is 5.56 Å². The van der Waals surface area contributed by atoms with E-state index in [2.05, 4.69) is 10.3 Å². The largest absolute Gasteiger partial charge is 0.438 e. The third kappa shape index (κ3) is 2.08. The van der Waals surface area contributed by atoms with Gasteiger partial charge in [-0.1, -0.05) is 24.3 Å². The van der Waals surface area contributed by atoms with Gasteiger partial charge in [0.15, 0.2) is 11.9 Å². The molecule has 1 heterocycles. The number of benzene rings is 1. The number of aromatic nitrogens is 1. The number of aryl methyl sites for hydroxylation is 2. The van der Waals surface area contributed by atoms with E-state index in [1.165, 1.54) is 19.1 Å². The standard InChI is InChI=1S/C15H13F3N2O2/c1-9-12(22-8-19-9)13(21)20-14(15(16,17)18)7-6-10-4-2-3-5-11(10)14/h2-5,8H,6-7H2,1H3,(H,20,21)/t14-/m0/s1. The van der Waals surface area contributed by atoms with Crippen molar-refractivity contribution in [3.63, 3.8) is 0 Å². The van der Waals surface area contributed by atoms with Gasteiger partial charge in [0, 0.05) is 0 Å². The lowest BCUT2D eigenvalue weighted by atomic mass is 9.90. The van der Waals surface area contributed by atoms with Gasteiger partial charge in [0.05, 0.1) is 5.69 Å². The van der Waals surface area contributed by atoms with Crippen LogP contribution in [0.5, 0.6) is 0 Å². The molecule has 0 saturated heterocycles. The molecule has 1 amide bonds. The van der Waals surface area contributed by atoms with Gasteiger partial charge in [-0.05, 0) is 30.9 Å². The number of nitrogens with one attached hydrogen (secondary N) is 1. The first kappa shape index (κ1) is 14.6. The zero-order chi connectivity index (χ0) is 16.0. The van der Waals surface area contributed by atoms with E-state index in [4.69, 9.17) is 4.42 Å². The summed E-state index contributed by atoms with van der Waals surface area (Å²) in [7, 11) is 0. The first-order valence-corrected chi connectivity index (χ1v) is 6.73. The van der Waals surface area contributed by atoms with Gasteiger partial charge >= 0.3 is 6.18 Å². The van der Waals surface area contributed by atoms with E-state index < -0.39 is 17.6 Å². The first-order chi connectivity index (χ1) is 10.3. The highest BCUT2D eigenvalue weighted by Gasteiger charge is 2.59. The zero-order valence-electron chi connectivity index (χ0n) is 11.7. The van der Waals surface area contributed by atoms with Crippen LogP contribution in [0.3, 0.4) is 0 Å². The van der Waals surface area contributed by atoms with E-state index in [-0.39, 0.29) is 29.9 Å². The van der Waals surface area contributed by atoms with E-state index in [1.807, 2.05) is 0 Å². The lowest BCUT2D eigenvalue weighted by Gasteiger charge is -2.33. The Morgan fingerprint density at radius 1 is 1.36 bits per heavy atom. The predicted molar refractivity (Wildman–Crippen MR) is 71.2 cm³/mol. The third-order valence-electron chi connectivity index (χ3n) is 4.01. The number of nitrogens with zero attached hydrogens (tertiary/aromatic N) is 1. The minimum Gasteiger partial charge on any atom is -0.438 e. The van der Waals surface area contributed by atoms with Gasteiger partial charge in [0.1, 0.15) is 0 Å². The SMILES string of the molecule is Cc1ncoc1C(=O)N[C@@]1(C(F)(F)F)CCc2ccccc21. The summed E-state index contributed by atoms with van der Waals surface area (Å²) in [6, 6.07) is 6.28. The lowest BCUT2D eigenvalue weighted by molar-refractivity contribution is -0.197. The number of oxazole rings is 1. The highest BCUT2D eigenvalue weighted by atomic mass is 19.4. The van der Waals surface area contributed by atoms with Crippen molar-refractivity contribution >= 4 is 5.91 Å². The van der Waals surface area contributed by atoms with Crippen molar-refractivity contribution < 1.29 is 22.4 Å². The van der Waals surface area contributed by atoms with Gasteiger partial charge in [0.2, 0.25) is 5.76 Å². The van der Waals surface area contributed by atoms with Crippen LogP contribution in [-0.2, 0) is 12.0 Å². The molecule has 22 heavy (non-hydrogen) atoms. The molecule has 1 aromatic heterocycles. The fourth-order valence-corrected chi connectivity index (χ4v) is 2.88. The molecule has 1 N–H and O–H groups in total. The number of carbonyl (C=O) groups excluding carboxylic acids is 1. The minimum absolute atomic E-state index is 0.0908. The van der Waals surface area contributed by atoms with Crippen molar-refractivity contribution in [1.82, 2.24) is 10.3 Å². The molecule has 0 unspecified atom stereocenters. The molecule has 1 atom stereocenters. The van der Waals surface area contributed by atoms with Crippen molar-refractivity contribution in [1.29, 1.82) is 0 Å². The smallest absolute Gasteiger partial charge is 0.415 e. The third-order valence-corrected chi connectivity index (χ3v) is 4.01. The van der Waals surface area contributed by atoms with Crippen molar-refractivity contribution in [2.24, 2.45) is 0 Å². The average Bonchev–Trinajstić information content (AvgIpc) is 3.03. The van der Waals surface area contributed by atoms with Crippen LogP contribution in [0.2, 0.25) is 0 Å².